The van der Waals surface area contributed by atoms with Crippen molar-refractivity contribution in [2.45, 2.75) is 23.8 Å². The molecule has 2 N–H and O–H groups in total. The second kappa shape index (κ2) is 3.66. The molecular weight excluding hydrogens is 238 g/mol. The van der Waals surface area contributed by atoms with E-state index in [2.05, 4.69) is 0 Å². The summed E-state index contributed by atoms with van der Waals surface area (Å²) in [7, 11) is -3.78. The maximum absolute atomic E-state index is 11.2. The van der Waals surface area contributed by atoms with Crippen LogP contribution in [0, 0.1) is 0 Å². The van der Waals surface area contributed by atoms with Gasteiger partial charge in [0, 0.05) is 0 Å². The number of hydrogen-bond acceptors (Lipinski definition) is 3. The summed E-state index contributed by atoms with van der Waals surface area (Å²) in [6, 6.07) is 4.49. The zero-order valence-corrected chi connectivity index (χ0v) is 9.38. The Labute approximate surface area is 93.0 Å². The highest BCUT2D eigenvalue weighted by Crippen LogP contribution is 2.36. The Kier molecular flexibility index (Phi) is 2.62. The molecule has 1 aromatic carbocycles. The average Bonchev–Trinajstić information content (AvgIpc) is 2.90. The molecule has 1 saturated carbocycles. The molecular formula is C9H10ClNO3S. The number of halogens is 1. The van der Waals surface area contributed by atoms with Crippen LogP contribution in [0.5, 0.6) is 5.75 Å². The number of benzene rings is 1. The van der Waals surface area contributed by atoms with Gasteiger partial charge in [0.25, 0.3) is 0 Å². The first-order chi connectivity index (χ1) is 6.98. The van der Waals surface area contributed by atoms with Crippen molar-refractivity contribution in [2.75, 3.05) is 0 Å². The van der Waals surface area contributed by atoms with E-state index < -0.39 is 10.0 Å². The Morgan fingerprint density at radius 2 is 2.07 bits per heavy atom. The fraction of sp³-hybridized carbons (Fsp3) is 0.333. The summed E-state index contributed by atoms with van der Waals surface area (Å²) >= 11 is 5.86. The number of para-hydroxylation sites is 1. The normalized spacial score (nSPS) is 16.4. The van der Waals surface area contributed by atoms with Gasteiger partial charge >= 0.3 is 0 Å². The molecule has 82 valence electrons. The van der Waals surface area contributed by atoms with Crippen LogP contribution in [0.15, 0.2) is 23.1 Å². The maximum atomic E-state index is 11.2. The Hall–Kier alpha value is -0.780. The molecule has 1 aliphatic rings. The maximum Gasteiger partial charge on any atom is 0.241 e. The predicted molar refractivity (Wildman–Crippen MR) is 56.5 cm³/mol. The van der Waals surface area contributed by atoms with Crippen molar-refractivity contribution in [1.82, 2.24) is 0 Å². The number of sulfonamides is 1. The SMILES string of the molecule is NS(=O)(=O)c1cccc(Cl)c1OC1CC1. The Morgan fingerprint density at radius 1 is 1.40 bits per heavy atom. The summed E-state index contributed by atoms with van der Waals surface area (Å²) in [5.41, 5.74) is 0. The minimum Gasteiger partial charge on any atom is -0.487 e. The summed E-state index contributed by atoms with van der Waals surface area (Å²) in [5.74, 6) is 0.171. The molecule has 0 unspecified atom stereocenters. The molecule has 4 nitrogen and oxygen atoms in total. The summed E-state index contributed by atoms with van der Waals surface area (Å²) in [4.78, 5) is -0.0538. The molecule has 15 heavy (non-hydrogen) atoms. The van der Waals surface area contributed by atoms with Crippen molar-refractivity contribution in [3.8, 4) is 5.75 Å². The van der Waals surface area contributed by atoms with E-state index in [-0.39, 0.29) is 21.8 Å². The van der Waals surface area contributed by atoms with Gasteiger partial charge in [-0.1, -0.05) is 17.7 Å². The topological polar surface area (TPSA) is 69.4 Å². The molecule has 0 bridgehead atoms. The third-order valence-corrected chi connectivity index (χ3v) is 3.28. The Morgan fingerprint density at radius 3 is 2.60 bits per heavy atom. The minimum atomic E-state index is -3.78. The van der Waals surface area contributed by atoms with Gasteiger partial charge in [0.15, 0.2) is 5.75 Å². The van der Waals surface area contributed by atoms with E-state index in [1.54, 1.807) is 6.07 Å². The lowest BCUT2D eigenvalue weighted by Crippen LogP contribution is -2.14. The molecule has 0 aromatic heterocycles. The van der Waals surface area contributed by atoms with Crippen molar-refractivity contribution in [3.05, 3.63) is 23.2 Å². The number of hydrogen-bond donors (Lipinski definition) is 1. The number of nitrogens with two attached hydrogens (primary N) is 1. The van der Waals surface area contributed by atoms with E-state index in [0.717, 1.165) is 12.8 Å². The fourth-order valence-electron chi connectivity index (χ4n) is 1.18. The number of primary sulfonamides is 1. The van der Waals surface area contributed by atoms with Crippen molar-refractivity contribution in [2.24, 2.45) is 5.14 Å². The summed E-state index contributed by atoms with van der Waals surface area (Å²) in [6.45, 7) is 0. The van der Waals surface area contributed by atoms with E-state index in [0.29, 0.717) is 0 Å². The van der Waals surface area contributed by atoms with Gasteiger partial charge in [-0.3, -0.25) is 0 Å². The second-order valence-corrected chi connectivity index (χ2v) is 5.37. The molecule has 1 aromatic rings. The van der Waals surface area contributed by atoms with Crippen molar-refractivity contribution in [3.63, 3.8) is 0 Å². The zero-order chi connectivity index (χ0) is 11.1. The van der Waals surface area contributed by atoms with E-state index in [1.165, 1.54) is 12.1 Å². The smallest absolute Gasteiger partial charge is 0.241 e. The third-order valence-electron chi connectivity index (χ3n) is 2.05. The van der Waals surface area contributed by atoms with E-state index in [4.69, 9.17) is 21.5 Å². The monoisotopic (exact) mass is 247 g/mol. The predicted octanol–water partition coefficient (Wildman–Crippen LogP) is 1.53. The lowest BCUT2D eigenvalue weighted by atomic mass is 10.3. The lowest BCUT2D eigenvalue weighted by Gasteiger charge is -2.10. The van der Waals surface area contributed by atoms with E-state index in [9.17, 15) is 8.42 Å². The highest BCUT2D eigenvalue weighted by Gasteiger charge is 2.27. The van der Waals surface area contributed by atoms with Gasteiger partial charge in [-0.25, -0.2) is 13.6 Å². The van der Waals surface area contributed by atoms with Crippen LogP contribution in [0.4, 0.5) is 0 Å². The number of rotatable bonds is 3. The fourth-order valence-corrected chi connectivity index (χ4v) is 2.14. The van der Waals surface area contributed by atoms with E-state index in [1.807, 2.05) is 0 Å². The molecule has 0 aliphatic heterocycles. The first-order valence-corrected chi connectivity index (χ1v) is 6.39. The van der Waals surface area contributed by atoms with Crippen LogP contribution >= 0.6 is 11.6 Å². The quantitative estimate of drug-likeness (QED) is 0.881. The molecule has 1 fully saturated rings. The standard InChI is InChI=1S/C9H10ClNO3S/c10-7-2-1-3-8(15(11,12)13)9(7)14-6-4-5-6/h1-3,6H,4-5H2,(H2,11,12,13). The van der Waals surface area contributed by atoms with Gasteiger partial charge in [-0.2, -0.15) is 0 Å². The van der Waals surface area contributed by atoms with Crippen LogP contribution in [-0.4, -0.2) is 14.5 Å². The first kappa shape index (κ1) is 10.7. The van der Waals surface area contributed by atoms with Crippen LogP contribution in [0.25, 0.3) is 0 Å². The molecule has 0 amide bonds. The van der Waals surface area contributed by atoms with Crippen LogP contribution in [0.1, 0.15) is 12.8 Å². The van der Waals surface area contributed by atoms with Gasteiger partial charge in [-0.05, 0) is 25.0 Å². The van der Waals surface area contributed by atoms with Crippen LogP contribution in [0.3, 0.4) is 0 Å². The molecule has 0 saturated heterocycles. The van der Waals surface area contributed by atoms with E-state index >= 15 is 0 Å². The van der Waals surface area contributed by atoms with Gasteiger partial charge in [0.2, 0.25) is 10.0 Å². The molecule has 0 spiro atoms. The summed E-state index contributed by atoms with van der Waals surface area (Å²) in [6.07, 6.45) is 1.93. The van der Waals surface area contributed by atoms with Gasteiger partial charge in [0.1, 0.15) is 4.90 Å². The van der Waals surface area contributed by atoms with Crippen LogP contribution in [-0.2, 0) is 10.0 Å². The van der Waals surface area contributed by atoms with Crippen LogP contribution < -0.4 is 9.88 Å². The molecule has 0 atom stereocenters. The molecule has 2 rings (SSSR count). The van der Waals surface area contributed by atoms with Gasteiger partial charge in [0.05, 0.1) is 11.1 Å². The van der Waals surface area contributed by atoms with Gasteiger partial charge in [-0.15, -0.1) is 0 Å². The Balaban J connectivity index is 2.47. The second-order valence-electron chi connectivity index (χ2n) is 3.43. The number of ether oxygens (including phenoxy) is 1. The summed E-state index contributed by atoms with van der Waals surface area (Å²) < 4.78 is 27.9. The lowest BCUT2D eigenvalue weighted by molar-refractivity contribution is 0.295. The molecule has 0 heterocycles. The summed E-state index contributed by atoms with van der Waals surface area (Å²) in [5, 5.41) is 5.33. The molecule has 1 aliphatic carbocycles. The molecule has 0 radical (unpaired) electrons. The highest BCUT2D eigenvalue weighted by atomic mass is 35.5. The van der Waals surface area contributed by atoms with Crippen molar-refractivity contribution >= 4 is 21.6 Å². The van der Waals surface area contributed by atoms with Crippen LogP contribution in [0.2, 0.25) is 5.02 Å². The first-order valence-electron chi connectivity index (χ1n) is 4.46. The van der Waals surface area contributed by atoms with Crippen molar-refractivity contribution in [1.29, 1.82) is 0 Å². The largest absolute Gasteiger partial charge is 0.487 e. The zero-order valence-electron chi connectivity index (χ0n) is 7.81. The third kappa shape index (κ3) is 2.42. The highest BCUT2D eigenvalue weighted by molar-refractivity contribution is 7.89. The average molecular weight is 248 g/mol. The van der Waals surface area contributed by atoms with Crippen molar-refractivity contribution < 1.29 is 13.2 Å². The Bertz CT molecular complexity index is 482. The minimum absolute atomic E-state index is 0.0538. The molecule has 6 heteroatoms. The van der Waals surface area contributed by atoms with Gasteiger partial charge < -0.3 is 4.74 Å².